The zero-order chi connectivity index (χ0) is 11.4. The smallest absolute Gasteiger partial charge is 0.127 e. The number of aromatic nitrogens is 1. The van der Waals surface area contributed by atoms with E-state index in [2.05, 4.69) is 26.2 Å². The molecule has 2 rings (SSSR count). The molecule has 3 nitrogen and oxygen atoms in total. The number of anilines is 1. The number of halogens is 1. The molecule has 0 atom stereocenters. The first-order valence-electron chi connectivity index (χ1n) is 5.77. The van der Waals surface area contributed by atoms with Gasteiger partial charge in [-0.25, -0.2) is 4.98 Å². The first kappa shape index (κ1) is 11.9. The summed E-state index contributed by atoms with van der Waals surface area (Å²) in [5, 5.41) is 13.5. The fourth-order valence-electron chi connectivity index (χ4n) is 2.15. The quantitative estimate of drug-likeness (QED) is 0.839. The van der Waals surface area contributed by atoms with E-state index >= 15 is 0 Å². The lowest BCUT2D eigenvalue weighted by molar-refractivity contribution is 0.0166. The van der Waals surface area contributed by atoms with Crippen LogP contribution in [0.3, 0.4) is 0 Å². The molecule has 1 aliphatic rings. The molecule has 0 saturated heterocycles. The van der Waals surface area contributed by atoms with Crippen LogP contribution in [0.1, 0.15) is 32.1 Å². The van der Waals surface area contributed by atoms with Crippen LogP contribution >= 0.6 is 15.9 Å². The van der Waals surface area contributed by atoms with Gasteiger partial charge in [0.2, 0.25) is 0 Å². The third-order valence-corrected chi connectivity index (χ3v) is 3.54. The molecule has 0 spiro atoms. The van der Waals surface area contributed by atoms with Crippen LogP contribution in [-0.4, -0.2) is 22.2 Å². The molecule has 1 aliphatic carbocycles. The van der Waals surface area contributed by atoms with Gasteiger partial charge in [0.1, 0.15) is 10.4 Å². The van der Waals surface area contributed by atoms with E-state index in [1.54, 1.807) is 0 Å². The van der Waals surface area contributed by atoms with Crippen LogP contribution in [0.4, 0.5) is 5.82 Å². The fraction of sp³-hybridized carbons (Fsp3) is 0.583. The van der Waals surface area contributed by atoms with Crippen LogP contribution in [0.2, 0.25) is 0 Å². The van der Waals surface area contributed by atoms with Crippen molar-refractivity contribution >= 4 is 21.7 Å². The van der Waals surface area contributed by atoms with Crippen molar-refractivity contribution < 1.29 is 5.11 Å². The van der Waals surface area contributed by atoms with E-state index < -0.39 is 5.60 Å². The minimum atomic E-state index is -0.539. The summed E-state index contributed by atoms with van der Waals surface area (Å²) in [6.07, 6.45) is 5.30. The maximum atomic E-state index is 10.3. The Balaban J connectivity index is 1.91. The highest BCUT2D eigenvalue weighted by atomic mass is 79.9. The summed E-state index contributed by atoms with van der Waals surface area (Å²) >= 11 is 3.33. The summed E-state index contributed by atoms with van der Waals surface area (Å²) in [4.78, 5) is 4.28. The Kier molecular flexibility index (Phi) is 3.82. The number of nitrogens with one attached hydrogen (secondary N) is 1. The van der Waals surface area contributed by atoms with Crippen LogP contribution in [0.15, 0.2) is 22.8 Å². The average molecular weight is 285 g/mol. The van der Waals surface area contributed by atoms with E-state index in [1.807, 2.05) is 18.2 Å². The van der Waals surface area contributed by atoms with Crippen molar-refractivity contribution in [2.75, 3.05) is 11.9 Å². The molecule has 1 heterocycles. The topological polar surface area (TPSA) is 45.1 Å². The van der Waals surface area contributed by atoms with E-state index in [1.165, 1.54) is 6.42 Å². The minimum absolute atomic E-state index is 0.539. The van der Waals surface area contributed by atoms with Crippen LogP contribution in [0, 0.1) is 0 Å². The van der Waals surface area contributed by atoms with Gasteiger partial charge in [-0.1, -0.05) is 25.3 Å². The van der Waals surface area contributed by atoms with Crippen molar-refractivity contribution in [2.45, 2.75) is 37.7 Å². The summed E-state index contributed by atoms with van der Waals surface area (Å²) in [6, 6.07) is 5.74. The lowest BCUT2D eigenvalue weighted by Gasteiger charge is -2.32. The zero-order valence-electron chi connectivity index (χ0n) is 9.25. The Bertz CT molecular complexity index is 351. The number of rotatable bonds is 3. The Labute approximate surface area is 104 Å². The molecule has 0 aromatic carbocycles. The fourth-order valence-corrected chi connectivity index (χ4v) is 2.49. The van der Waals surface area contributed by atoms with Crippen molar-refractivity contribution in [1.29, 1.82) is 0 Å². The number of aliphatic hydroxyl groups is 1. The molecule has 0 radical (unpaired) electrons. The van der Waals surface area contributed by atoms with Gasteiger partial charge in [-0.05, 0) is 40.9 Å². The number of hydrogen-bond acceptors (Lipinski definition) is 3. The van der Waals surface area contributed by atoms with Gasteiger partial charge in [-0.3, -0.25) is 0 Å². The Morgan fingerprint density at radius 2 is 2.06 bits per heavy atom. The summed E-state index contributed by atoms with van der Waals surface area (Å²) < 4.78 is 0.813. The van der Waals surface area contributed by atoms with Gasteiger partial charge in [-0.2, -0.15) is 0 Å². The monoisotopic (exact) mass is 284 g/mol. The van der Waals surface area contributed by atoms with Gasteiger partial charge in [0.15, 0.2) is 0 Å². The van der Waals surface area contributed by atoms with Gasteiger partial charge in [-0.15, -0.1) is 0 Å². The largest absolute Gasteiger partial charge is 0.388 e. The molecule has 0 aliphatic heterocycles. The van der Waals surface area contributed by atoms with Crippen LogP contribution in [-0.2, 0) is 0 Å². The lowest BCUT2D eigenvalue weighted by Crippen LogP contribution is -2.38. The van der Waals surface area contributed by atoms with Crippen LogP contribution in [0.25, 0.3) is 0 Å². The third kappa shape index (κ3) is 3.19. The highest BCUT2D eigenvalue weighted by Crippen LogP contribution is 2.28. The molecule has 0 bridgehead atoms. The van der Waals surface area contributed by atoms with Crippen molar-refractivity contribution in [2.24, 2.45) is 0 Å². The summed E-state index contributed by atoms with van der Waals surface area (Å²) in [7, 11) is 0. The normalized spacial score (nSPS) is 19.4. The van der Waals surface area contributed by atoms with E-state index in [0.717, 1.165) is 36.1 Å². The van der Waals surface area contributed by atoms with Crippen molar-refractivity contribution in [3.05, 3.63) is 22.8 Å². The molecule has 0 unspecified atom stereocenters. The molecule has 1 saturated carbocycles. The molecule has 2 N–H and O–H groups in total. The Hall–Kier alpha value is -0.610. The van der Waals surface area contributed by atoms with Gasteiger partial charge < -0.3 is 10.4 Å². The molecular formula is C12H17BrN2O. The predicted molar refractivity (Wildman–Crippen MR) is 68.5 cm³/mol. The van der Waals surface area contributed by atoms with Gasteiger partial charge >= 0.3 is 0 Å². The van der Waals surface area contributed by atoms with Crippen LogP contribution < -0.4 is 5.32 Å². The van der Waals surface area contributed by atoms with Crippen molar-refractivity contribution in [1.82, 2.24) is 4.98 Å². The van der Waals surface area contributed by atoms with Crippen LogP contribution in [0.5, 0.6) is 0 Å². The SMILES string of the molecule is OC1(CNc2cccc(Br)n2)CCCCC1. The molecule has 1 aromatic rings. The van der Waals surface area contributed by atoms with Gasteiger partial charge in [0, 0.05) is 6.54 Å². The van der Waals surface area contributed by atoms with Crippen molar-refractivity contribution in [3.63, 3.8) is 0 Å². The Morgan fingerprint density at radius 1 is 1.31 bits per heavy atom. The maximum absolute atomic E-state index is 10.3. The first-order valence-corrected chi connectivity index (χ1v) is 6.56. The molecular weight excluding hydrogens is 268 g/mol. The number of hydrogen-bond donors (Lipinski definition) is 2. The standard InChI is InChI=1S/C12H17BrN2O/c13-10-5-4-6-11(15-10)14-9-12(16)7-2-1-3-8-12/h4-6,16H,1-3,7-9H2,(H,14,15). The molecule has 1 aromatic heterocycles. The predicted octanol–water partition coefficient (Wildman–Crippen LogP) is 2.95. The minimum Gasteiger partial charge on any atom is -0.388 e. The zero-order valence-corrected chi connectivity index (χ0v) is 10.8. The second-order valence-electron chi connectivity index (χ2n) is 4.48. The van der Waals surface area contributed by atoms with E-state index in [4.69, 9.17) is 0 Å². The maximum Gasteiger partial charge on any atom is 0.127 e. The molecule has 0 amide bonds. The van der Waals surface area contributed by atoms with Crippen molar-refractivity contribution in [3.8, 4) is 0 Å². The molecule has 88 valence electrons. The third-order valence-electron chi connectivity index (χ3n) is 3.10. The highest BCUT2D eigenvalue weighted by Gasteiger charge is 2.28. The van der Waals surface area contributed by atoms with Gasteiger partial charge in [0.25, 0.3) is 0 Å². The lowest BCUT2D eigenvalue weighted by atomic mass is 9.85. The van der Waals surface area contributed by atoms with E-state index in [-0.39, 0.29) is 0 Å². The highest BCUT2D eigenvalue weighted by molar-refractivity contribution is 9.10. The van der Waals surface area contributed by atoms with Gasteiger partial charge in [0.05, 0.1) is 5.60 Å². The first-order chi connectivity index (χ1) is 7.68. The van der Waals surface area contributed by atoms with E-state index in [0.29, 0.717) is 6.54 Å². The van der Waals surface area contributed by atoms with E-state index in [9.17, 15) is 5.11 Å². The Morgan fingerprint density at radius 3 is 2.75 bits per heavy atom. The summed E-state index contributed by atoms with van der Waals surface area (Å²) in [6.45, 7) is 0.594. The number of pyridine rings is 1. The summed E-state index contributed by atoms with van der Waals surface area (Å²) in [5.74, 6) is 0.813. The second-order valence-corrected chi connectivity index (χ2v) is 5.30. The summed E-state index contributed by atoms with van der Waals surface area (Å²) in [5.41, 5.74) is -0.539. The number of nitrogens with zero attached hydrogens (tertiary/aromatic N) is 1. The molecule has 16 heavy (non-hydrogen) atoms. The second kappa shape index (κ2) is 5.15. The molecule has 1 fully saturated rings. The average Bonchev–Trinajstić information content (AvgIpc) is 2.28. The molecule has 4 heteroatoms.